The maximum Gasteiger partial charge on any atom is 0.326 e. The quantitative estimate of drug-likeness (QED) is 0.250. The normalized spacial score (nSPS) is 13.7. The minimum Gasteiger partial charge on any atom is -0.480 e. The lowest BCUT2D eigenvalue weighted by molar-refractivity contribution is -0.143. The molecule has 2 atom stereocenters. The Labute approximate surface area is 160 Å². The van der Waals surface area contributed by atoms with Crippen molar-refractivity contribution in [1.82, 2.24) is 5.32 Å². The van der Waals surface area contributed by atoms with Gasteiger partial charge in [0.25, 0.3) is 0 Å². The molecular formula is C22H41NO3. The number of unbranched alkanes of at least 4 members (excludes halogenated alkanes) is 9. The van der Waals surface area contributed by atoms with Gasteiger partial charge in [0.1, 0.15) is 6.04 Å². The van der Waals surface area contributed by atoms with Crippen molar-refractivity contribution < 1.29 is 14.7 Å². The largest absolute Gasteiger partial charge is 0.480 e. The molecule has 4 nitrogen and oxygen atoms in total. The van der Waals surface area contributed by atoms with Gasteiger partial charge in [-0.25, -0.2) is 4.79 Å². The molecule has 0 aliphatic carbocycles. The molecule has 0 spiro atoms. The second kappa shape index (κ2) is 17.1. The van der Waals surface area contributed by atoms with Crippen molar-refractivity contribution >= 4 is 11.9 Å². The number of aliphatic carboxylic acids is 1. The van der Waals surface area contributed by atoms with Gasteiger partial charge >= 0.3 is 5.97 Å². The Balaban J connectivity index is 3.58. The Bertz CT molecular complexity index is 393. The van der Waals surface area contributed by atoms with Crippen molar-refractivity contribution in [3.63, 3.8) is 0 Å². The van der Waals surface area contributed by atoms with E-state index < -0.39 is 12.0 Å². The van der Waals surface area contributed by atoms with Crippen LogP contribution in [0.25, 0.3) is 0 Å². The highest BCUT2D eigenvalue weighted by atomic mass is 16.4. The zero-order valence-electron chi connectivity index (χ0n) is 17.3. The average Bonchev–Trinajstić information content (AvgIpc) is 2.62. The van der Waals surface area contributed by atoms with Gasteiger partial charge in [-0.3, -0.25) is 4.79 Å². The van der Waals surface area contributed by atoms with Crippen LogP contribution in [0.3, 0.4) is 0 Å². The van der Waals surface area contributed by atoms with E-state index >= 15 is 0 Å². The van der Waals surface area contributed by atoms with Gasteiger partial charge in [-0.2, -0.15) is 0 Å². The fourth-order valence-corrected chi connectivity index (χ4v) is 2.93. The Morgan fingerprint density at radius 3 is 1.96 bits per heavy atom. The average molecular weight is 368 g/mol. The third-order valence-electron chi connectivity index (χ3n) is 4.96. The molecule has 26 heavy (non-hydrogen) atoms. The monoisotopic (exact) mass is 367 g/mol. The van der Waals surface area contributed by atoms with Gasteiger partial charge < -0.3 is 10.4 Å². The van der Waals surface area contributed by atoms with E-state index in [-0.39, 0.29) is 11.8 Å². The summed E-state index contributed by atoms with van der Waals surface area (Å²) in [6.07, 6.45) is 18.9. The molecule has 0 fully saturated rings. The molecule has 0 saturated carbocycles. The highest BCUT2D eigenvalue weighted by Gasteiger charge is 2.24. The predicted molar refractivity (Wildman–Crippen MR) is 109 cm³/mol. The first-order valence-electron chi connectivity index (χ1n) is 10.7. The lowest BCUT2D eigenvalue weighted by atomic mass is 9.99. The zero-order chi connectivity index (χ0) is 19.6. The standard InChI is InChI=1S/C22H41NO3/c1-4-6-7-8-9-10-11-12-13-14-15-16-17-18-20(24)23-21(22(25)26)19(3)5-2/h10-11,19,21H,4-9,12-18H2,1-3H3,(H,23,24)(H,25,26)/b11-10-/t19-,21-/m0/s1. The van der Waals surface area contributed by atoms with Crippen molar-refractivity contribution in [3.8, 4) is 0 Å². The summed E-state index contributed by atoms with van der Waals surface area (Å²) in [6, 6.07) is -0.763. The number of carbonyl (C=O) groups excluding carboxylic acids is 1. The molecule has 0 aromatic rings. The molecule has 4 heteroatoms. The fraction of sp³-hybridized carbons (Fsp3) is 0.818. The van der Waals surface area contributed by atoms with E-state index in [4.69, 9.17) is 0 Å². The Morgan fingerprint density at radius 2 is 1.42 bits per heavy atom. The molecule has 0 saturated heterocycles. The van der Waals surface area contributed by atoms with Gasteiger partial charge in [0.2, 0.25) is 5.91 Å². The van der Waals surface area contributed by atoms with Gasteiger partial charge in [-0.1, -0.05) is 77.9 Å². The summed E-state index contributed by atoms with van der Waals surface area (Å²) in [5.41, 5.74) is 0. The van der Waals surface area contributed by atoms with Crippen molar-refractivity contribution in [3.05, 3.63) is 12.2 Å². The first-order valence-corrected chi connectivity index (χ1v) is 10.7. The minimum atomic E-state index is -0.939. The lowest BCUT2D eigenvalue weighted by Crippen LogP contribution is -2.44. The van der Waals surface area contributed by atoms with Crippen LogP contribution >= 0.6 is 0 Å². The smallest absolute Gasteiger partial charge is 0.326 e. The van der Waals surface area contributed by atoms with E-state index in [1.807, 2.05) is 13.8 Å². The van der Waals surface area contributed by atoms with E-state index in [1.165, 1.54) is 44.9 Å². The topological polar surface area (TPSA) is 66.4 Å². The number of nitrogens with one attached hydrogen (secondary N) is 1. The number of carbonyl (C=O) groups is 2. The van der Waals surface area contributed by atoms with Crippen molar-refractivity contribution in [1.29, 1.82) is 0 Å². The van der Waals surface area contributed by atoms with Crippen LogP contribution in [0, 0.1) is 5.92 Å². The molecule has 0 aromatic heterocycles. The maximum atomic E-state index is 11.9. The van der Waals surface area contributed by atoms with E-state index in [9.17, 15) is 14.7 Å². The SMILES string of the molecule is CCCCCC/C=C\CCCCCCCC(=O)N[C@H](C(=O)O)[C@@H](C)CC. The van der Waals surface area contributed by atoms with Crippen molar-refractivity contribution in [2.45, 2.75) is 110 Å². The molecule has 0 aliphatic heterocycles. The third kappa shape index (κ3) is 13.9. The van der Waals surface area contributed by atoms with Crippen LogP contribution in [0.2, 0.25) is 0 Å². The second-order valence-corrected chi connectivity index (χ2v) is 7.40. The van der Waals surface area contributed by atoms with Gasteiger partial charge in [0.05, 0.1) is 0 Å². The molecular weight excluding hydrogens is 326 g/mol. The summed E-state index contributed by atoms with van der Waals surface area (Å²) in [5.74, 6) is -1.12. The van der Waals surface area contributed by atoms with Crippen LogP contribution in [-0.4, -0.2) is 23.0 Å². The zero-order valence-corrected chi connectivity index (χ0v) is 17.3. The number of rotatable bonds is 17. The lowest BCUT2D eigenvalue weighted by Gasteiger charge is -2.20. The van der Waals surface area contributed by atoms with Crippen LogP contribution in [0.1, 0.15) is 104 Å². The number of hydrogen-bond donors (Lipinski definition) is 2. The number of allylic oxidation sites excluding steroid dienone is 2. The van der Waals surface area contributed by atoms with Crippen molar-refractivity contribution in [2.75, 3.05) is 0 Å². The molecule has 0 bridgehead atoms. The Hall–Kier alpha value is -1.32. The summed E-state index contributed by atoms with van der Waals surface area (Å²) >= 11 is 0. The van der Waals surface area contributed by atoms with Crippen molar-refractivity contribution in [2.24, 2.45) is 5.92 Å². The molecule has 0 radical (unpaired) electrons. The van der Waals surface area contributed by atoms with Crippen LogP contribution in [-0.2, 0) is 9.59 Å². The van der Waals surface area contributed by atoms with Gasteiger partial charge in [0, 0.05) is 6.42 Å². The number of amides is 1. The Kier molecular flexibility index (Phi) is 16.2. The summed E-state index contributed by atoms with van der Waals surface area (Å²) < 4.78 is 0. The summed E-state index contributed by atoms with van der Waals surface area (Å²) in [5, 5.41) is 11.9. The number of carboxylic acid groups (broad SMARTS) is 1. The summed E-state index contributed by atoms with van der Waals surface area (Å²) in [7, 11) is 0. The molecule has 152 valence electrons. The molecule has 0 aliphatic rings. The highest BCUT2D eigenvalue weighted by molar-refractivity contribution is 5.83. The van der Waals surface area contributed by atoms with E-state index in [0.29, 0.717) is 6.42 Å². The molecule has 0 aromatic carbocycles. The molecule has 1 amide bonds. The van der Waals surface area contributed by atoms with Crippen LogP contribution < -0.4 is 5.32 Å². The maximum absolute atomic E-state index is 11.9. The summed E-state index contributed by atoms with van der Waals surface area (Å²) in [4.78, 5) is 23.1. The molecule has 0 heterocycles. The van der Waals surface area contributed by atoms with Crippen LogP contribution in [0.4, 0.5) is 0 Å². The minimum absolute atomic E-state index is 0.0452. The predicted octanol–water partition coefficient (Wildman–Crippen LogP) is 5.86. The third-order valence-corrected chi connectivity index (χ3v) is 4.96. The van der Waals surface area contributed by atoms with Crippen LogP contribution in [0.15, 0.2) is 12.2 Å². The van der Waals surface area contributed by atoms with E-state index in [0.717, 1.165) is 32.1 Å². The fourth-order valence-electron chi connectivity index (χ4n) is 2.93. The Morgan fingerprint density at radius 1 is 0.885 bits per heavy atom. The second-order valence-electron chi connectivity index (χ2n) is 7.40. The first-order chi connectivity index (χ1) is 12.5. The molecule has 2 N–H and O–H groups in total. The van der Waals surface area contributed by atoms with Gasteiger partial charge in [0.15, 0.2) is 0 Å². The first kappa shape index (κ1) is 24.7. The number of carboxylic acids is 1. The van der Waals surface area contributed by atoms with Crippen LogP contribution in [0.5, 0.6) is 0 Å². The van der Waals surface area contributed by atoms with E-state index in [1.54, 1.807) is 0 Å². The van der Waals surface area contributed by atoms with E-state index in [2.05, 4.69) is 24.4 Å². The summed E-state index contributed by atoms with van der Waals surface area (Å²) in [6.45, 7) is 6.04. The molecule has 0 unspecified atom stereocenters. The molecule has 0 rings (SSSR count). The van der Waals surface area contributed by atoms with Gasteiger partial charge in [-0.05, 0) is 38.0 Å². The van der Waals surface area contributed by atoms with Gasteiger partial charge in [-0.15, -0.1) is 0 Å². The highest BCUT2D eigenvalue weighted by Crippen LogP contribution is 2.11. The number of hydrogen-bond acceptors (Lipinski definition) is 2.